The Morgan fingerprint density at radius 2 is 1.95 bits per heavy atom. The summed E-state index contributed by atoms with van der Waals surface area (Å²) < 4.78 is 22.6. The molecule has 0 aromatic heterocycles. The summed E-state index contributed by atoms with van der Waals surface area (Å²) in [5, 5.41) is 26.6. The Balaban J connectivity index is 2.98. The van der Waals surface area contributed by atoms with Gasteiger partial charge in [-0.05, 0) is 31.5 Å². The van der Waals surface area contributed by atoms with E-state index in [1.165, 1.54) is 12.1 Å². The second kappa shape index (κ2) is 5.98. The first-order chi connectivity index (χ1) is 8.72. The van der Waals surface area contributed by atoms with Crippen molar-refractivity contribution in [3.63, 3.8) is 0 Å². The van der Waals surface area contributed by atoms with E-state index in [-0.39, 0.29) is 24.2 Å². The van der Waals surface area contributed by atoms with Crippen molar-refractivity contribution in [3.8, 4) is 0 Å². The van der Waals surface area contributed by atoms with Crippen LogP contribution < -0.4 is 10.5 Å². The van der Waals surface area contributed by atoms with Gasteiger partial charge in [0.15, 0.2) is 0 Å². The van der Waals surface area contributed by atoms with E-state index in [4.69, 9.17) is 5.14 Å². The number of hydrogen-bond acceptors (Lipinski definition) is 5. The molecule has 7 heteroatoms. The molecule has 0 aliphatic heterocycles. The maximum atomic E-state index is 11.3. The molecule has 1 atom stereocenters. The number of aliphatic hydroxyl groups is 2. The smallest absolute Gasteiger partial charge is 0.238 e. The lowest BCUT2D eigenvalue weighted by molar-refractivity contribution is 0.0957. The van der Waals surface area contributed by atoms with Crippen LogP contribution in [-0.4, -0.2) is 37.4 Å². The van der Waals surface area contributed by atoms with Gasteiger partial charge in [-0.25, -0.2) is 13.6 Å². The zero-order valence-corrected chi connectivity index (χ0v) is 11.8. The predicted octanol–water partition coefficient (Wildman–Crippen LogP) is -0.272. The maximum Gasteiger partial charge on any atom is 0.238 e. The van der Waals surface area contributed by atoms with Crippen molar-refractivity contribution in [2.24, 2.45) is 5.14 Å². The van der Waals surface area contributed by atoms with Crippen LogP contribution in [0.5, 0.6) is 0 Å². The molecule has 0 saturated carbocycles. The van der Waals surface area contributed by atoms with E-state index in [1.54, 1.807) is 19.1 Å². The second-order valence-corrected chi connectivity index (χ2v) is 6.42. The van der Waals surface area contributed by atoms with Crippen LogP contribution in [-0.2, 0) is 10.0 Å². The van der Waals surface area contributed by atoms with Gasteiger partial charge in [0, 0.05) is 6.04 Å². The Hall–Kier alpha value is -0.990. The number of rotatable bonds is 6. The minimum absolute atomic E-state index is 0.0355. The van der Waals surface area contributed by atoms with E-state index in [1.807, 2.05) is 6.92 Å². The van der Waals surface area contributed by atoms with Gasteiger partial charge in [0.25, 0.3) is 0 Å². The third kappa shape index (κ3) is 4.26. The number of primary sulfonamides is 1. The number of sulfonamides is 1. The molecular formula is C12H20N2O4S. The summed E-state index contributed by atoms with van der Waals surface area (Å²) >= 11 is 0. The molecule has 5 N–H and O–H groups in total. The monoisotopic (exact) mass is 288 g/mol. The van der Waals surface area contributed by atoms with Gasteiger partial charge in [-0.15, -0.1) is 0 Å². The molecule has 1 aromatic carbocycles. The molecule has 0 fully saturated rings. The fraction of sp³-hybridized carbons (Fsp3) is 0.500. The first kappa shape index (κ1) is 16.1. The van der Waals surface area contributed by atoms with Gasteiger partial charge >= 0.3 is 0 Å². The van der Waals surface area contributed by atoms with E-state index >= 15 is 0 Å². The molecule has 108 valence electrons. The zero-order chi connectivity index (χ0) is 14.7. The van der Waals surface area contributed by atoms with Crippen molar-refractivity contribution in [1.29, 1.82) is 0 Å². The molecule has 0 radical (unpaired) electrons. The van der Waals surface area contributed by atoms with E-state index < -0.39 is 15.6 Å². The summed E-state index contributed by atoms with van der Waals surface area (Å²) in [5.74, 6) is 0. The minimum Gasteiger partial charge on any atom is -0.394 e. The first-order valence-corrected chi connectivity index (χ1v) is 7.39. The van der Waals surface area contributed by atoms with E-state index in [0.717, 1.165) is 0 Å². The van der Waals surface area contributed by atoms with Crippen LogP contribution in [0.3, 0.4) is 0 Å². The van der Waals surface area contributed by atoms with Crippen molar-refractivity contribution < 1.29 is 18.6 Å². The SMILES string of the molecule is CC(NC(C)(CO)CO)c1cccc(S(N)(=O)=O)c1. The lowest BCUT2D eigenvalue weighted by Gasteiger charge is -2.30. The van der Waals surface area contributed by atoms with Crippen molar-refractivity contribution in [3.05, 3.63) is 29.8 Å². The Morgan fingerprint density at radius 3 is 2.42 bits per heavy atom. The molecule has 1 unspecified atom stereocenters. The molecule has 0 aliphatic carbocycles. The molecule has 0 aliphatic rings. The topological polar surface area (TPSA) is 113 Å². The van der Waals surface area contributed by atoms with Gasteiger partial charge in [0.2, 0.25) is 10.0 Å². The van der Waals surface area contributed by atoms with Gasteiger partial charge in [0.05, 0.1) is 23.6 Å². The number of nitrogens with two attached hydrogens (primary N) is 1. The number of nitrogens with one attached hydrogen (secondary N) is 1. The molecule has 0 spiro atoms. The highest BCUT2D eigenvalue weighted by atomic mass is 32.2. The van der Waals surface area contributed by atoms with Crippen LogP contribution in [0.15, 0.2) is 29.2 Å². The van der Waals surface area contributed by atoms with Gasteiger partial charge in [0.1, 0.15) is 0 Å². The Kier molecular flexibility index (Phi) is 5.05. The summed E-state index contributed by atoms with van der Waals surface area (Å²) in [5.41, 5.74) is -0.128. The Morgan fingerprint density at radius 1 is 1.37 bits per heavy atom. The van der Waals surface area contributed by atoms with Crippen molar-refractivity contribution in [2.45, 2.75) is 30.3 Å². The van der Waals surface area contributed by atoms with Crippen molar-refractivity contribution >= 4 is 10.0 Å². The largest absolute Gasteiger partial charge is 0.394 e. The highest BCUT2D eigenvalue weighted by Gasteiger charge is 2.25. The summed E-state index contributed by atoms with van der Waals surface area (Å²) in [4.78, 5) is 0.0355. The maximum absolute atomic E-state index is 11.3. The molecule has 0 bridgehead atoms. The zero-order valence-electron chi connectivity index (χ0n) is 11.0. The fourth-order valence-corrected chi connectivity index (χ4v) is 2.28. The first-order valence-electron chi connectivity index (χ1n) is 5.84. The van der Waals surface area contributed by atoms with Crippen LogP contribution >= 0.6 is 0 Å². The number of benzene rings is 1. The minimum atomic E-state index is -3.74. The van der Waals surface area contributed by atoms with Gasteiger partial charge < -0.3 is 15.5 Å². The highest BCUT2D eigenvalue weighted by Crippen LogP contribution is 2.19. The molecule has 1 rings (SSSR count). The number of hydrogen-bond donors (Lipinski definition) is 4. The van der Waals surface area contributed by atoms with Crippen LogP contribution in [0.25, 0.3) is 0 Å². The highest BCUT2D eigenvalue weighted by molar-refractivity contribution is 7.89. The van der Waals surface area contributed by atoms with Crippen molar-refractivity contribution in [2.75, 3.05) is 13.2 Å². The molecule has 1 aromatic rings. The van der Waals surface area contributed by atoms with E-state index in [0.29, 0.717) is 5.56 Å². The average molecular weight is 288 g/mol. The second-order valence-electron chi connectivity index (χ2n) is 4.86. The Labute approximate surface area is 113 Å². The van der Waals surface area contributed by atoms with Crippen molar-refractivity contribution in [1.82, 2.24) is 5.32 Å². The summed E-state index contributed by atoms with van der Waals surface area (Å²) in [6.45, 7) is 3.02. The molecule has 0 heterocycles. The lowest BCUT2D eigenvalue weighted by atomic mass is 10.0. The van der Waals surface area contributed by atoms with Crippen LogP contribution in [0, 0.1) is 0 Å². The molecule has 19 heavy (non-hydrogen) atoms. The standard InChI is InChI=1S/C12H20N2O4S/c1-9(14-12(2,7-15)8-16)10-4-3-5-11(6-10)19(13,17)18/h3-6,9,14-16H,7-8H2,1-2H3,(H2,13,17,18). The normalized spacial score (nSPS) is 14.4. The molecule has 0 amide bonds. The Bertz CT molecular complexity index is 526. The summed E-state index contributed by atoms with van der Waals surface area (Å²) in [6, 6.07) is 6.00. The summed E-state index contributed by atoms with van der Waals surface area (Å²) in [7, 11) is -3.74. The molecule has 6 nitrogen and oxygen atoms in total. The third-order valence-electron chi connectivity index (χ3n) is 2.95. The van der Waals surface area contributed by atoms with E-state index in [2.05, 4.69) is 5.32 Å². The average Bonchev–Trinajstić information content (AvgIpc) is 2.37. The van der Waals surface area contributed by atoms with Gasteiger partial charge in [-0.3, -0.25) is 0 Å². The summed E-state index contributed by atoms with van der Waals surface area (Å²) in [6.07, 6.45) is 0. The van der Waals surface area contributed by atoms with Crippen LogP contribution in [0.2, 0.25) is 0 Å². The van der Waals surface area contributed by atoms with Crippen LogP contribution in [0.4, 0.5) is 0 Å². The van der Waals surface area contributed by atoms with Gasteiger partial charge in [-0.2, -0.15) is 0 Å². The third-order valence-corrected chi connectivity index (χ3v) is 3.86. The van der Waals surface area contributed by atoms with Gasteiger partial charge in [-0.1, -0.05) is 12.1 Å². The van der Waals surface area contributed by atoms with Crippen LogP contribution in [0.1, 0.15) is 25.5 Å². The lowest BCUT2D eigenvalue weighted by Crippen LogP contribution is -2.49. The molecular weight excluding hydrogens is 268 g/mol. The van der Waals surface area contributed by atoms with E-state index in [9.17, 15) is 18.6 Å². The fourth-order valence-electron chi connectivity index (χ4n) is 1.71. The quantitative estimate of drug-likeness (QED) is 0.575. The molecule has 0 saturated heterocycles. The predicted molar refractivity (Wildman–Crippen MR) is 71.9 cm³/mol. The number of aliphatic hydroxyl groups excluding tert-OH is 2.